The highest BCUT2D eigenvalue weighted by atomic mass is 16.5. The summed E-state index contributed by atoms with van der Waals surface area (Å²) in [4.78, 5) is 0. The third-order valence-electron chi connectivity index (χ3n) is 3.26. The zero-order chi connectivity index (χ0) is 15.1. The van der Waals surface area contributed by atoms with Crippen molar-refractivity contribution in [2.45, 2.75) is 19.9 Å². The molecule has 1 aromatic rings. The minimum absolute atomic E-state index is 0.0393. The van der Waals surface area contributed by atoms with Gasteiger partial charge in [-0.2, -0.15) is 0 Å². The highest BCUT2D eigenvalue weighted by Crippen LogP contribution is 2.29. The fourth-order valence-electron chi connectivity index (χ4n) is 1.80. The largest absolute Gasteiger partial charge is 0.493 e. The molecule has 0 bridgehead atoms. The number of amidine groups is 1. The second-order valence-corrected chi connectivity index (χ2v) is 4.67. The Labute approximate surface area is 119 Å². The van der Waals surface area contributed by atoms with Gasteiger partial charge in [-0.15, -0.1) is 0 Å². The second kappa shape index (κ2) is 7.59. The van der Waals surface area contributed by atoms with Crippen molar-refractivity contribution in [1.82, 2.24) is 5.32 Å². The lowest BCUT2D eigenvalue weighted by molar-refractivity contribution is 0.313. The highest BCUT2D eigenvalue weighted by Gasteiger charge is 2.12. The van der Waals surface area contributed by atoms with Gasteiger partial charge >= 0.3 is 0 Å². The van der Waals surface area contributed by atoms with Gasteiger partial charge in [0.1, 0.15) is 5.84 Å². The average Bonchev–Trinajstić information content (AvgIpc) is 2.50. The van der Waals surface area contributed by atoms with Gasteiger partial charge in [-0.25, -0.2) is 0 Å². The molecular weight excluding hydrogens is 258 g/mol. The van der Waals surface area contributed by atoms with Gasteiger partial charge in [0.25, 0.3) is 0 Å². The van der Waals surface area contributed by atoms with Crippen molar-refractivity contribution in [3.8, 4) is 11.5 Å². The van der Waals surface area contributed by atoms with Crippen molar-refractivity contribution < 1.29 is 14.7 Å². The van der Waals surface area contributed by atoms with Crippen LogP contribution in [0.25, 0.3) is 0 Å². The molecule has 0 spiro atoms. The fraction of sp³-hybridized carbons (Fsp3) is 0.500. The maximum absolute atomic E-state index is 8.62. The molecule has 2 unspecified atom stereocenters. The van der Waals surface area contributed by atoms with Crippen LogP contribution in [0.3, 0.4) is 0 Å². The Kier molecular flexibility index (Phi) is 6.11. The van der Waals surface area contributed by atoms with Crippen LogP contribution in [0.1, 0.15) is 25.5 Å². The molecule has 0 amide bonds. The Balaban J connectivity index is 2.70. The van der Waals surface area contributed by atoms with Crippen molar-refractivity contribution in [2.24, 2.45) is 16.8 Å². The van der Waals surface area contributed by atoms with Gasteiger partial charge in [0, 0.05) is 18.5 Å². The first-order chi connectivity index (χ1) is 9.53. The van der Waals surface area contributed by atoms with Crippen LogP contribution in [0.2, 0.25) is 0 Å². The molecule has 0 aromatic heterocycles. The Morgan fingerprint density at radius 1 is 1.30 bits per heavy atom. The van der Waals surface area contributed by atoms with E-state index in [-0.39, 0.29) is 17.8 Å². The number of rotatable bonds is 7. The molecule has 6 nitrogen and oxygen atoms in total. The van der Waals surface area contributed by atoms with Gasteiger partial charge in [0.2, 0.25) is 0 Å². The SMILES string of the molecule is COc1ccc(C(C)NCC(C)C(N)=NO)cc1OC. The van der Waals surface area contributed by atoms with Crippen LogP contribution < -0.4 is 20.5 Å². The van der Waals surface area contributed by atoms with Crippen molar-refractivity contribution in [2.75, 3.05) is 20.8 Å². The summed E-state index contributed by atoms with van der Waals surface area (Å²) in [6.07, 6.45) is 0. The molecule has 0 saturated carbocycles. The molecule has 1 aromatic carbocycles. The predicted octanol–water partition coefficient (Wildman–Crippen LogP) is 1.74. The Bertz CT molecular complexity index is 463. The number of hydrogen-bond donors (Lipinski definition) is 3. The van der Waals surface area contributed by atoms with E-state index in [4.69, 9.17) is 20.4 Å². The number of nitrogens with two attached hydrogens (primary N) is 1. The fourth-order valence-corrected chi connectivity index (χ4v) is 1.80. The van der Waals surface area contributed by atoms with Crippen LogP contribution in [0.5, 0.6) is 11.5 Å². The van der Waals surface area contributed by atoms with E-state index in [0.717, 1.165) is 5.56 Å². The summed E-state index contributed by atoms with van der Waals surface area (Å²) in [7, 11) is 3.22. The van der Waals surface area contributed by atoms with Gasteiger partial charge in [0.05, 0.1) is 14.2 Å². The smallest absolute Gasteiger partial charge is 0.161 e. The van der Waals surface area contributed by atoms with Gasteiger partial charge < -0.3 is 25.7 Å². The van der Waals surface area contributed by atoms with E-state index in [2.05, 4.69) is 10.5 Å². The van der Waals surface area contributed by atoms with Crippen LogP contribution in [-0.2, 0) is 0 Å². The molecule has 0 aliphatic carbocycles. The third-order valence-corrected chi connectivity index (χ3v) is 3.26. The number of benzene rings is 1. The quantitative estimate of drug-likeness (QED) is 0.306. The summed E-state index contributed by atoms with van der Waals surface area (Å²) in [6.45, 7) is 4.55. The van der Waals surface area contributed by atoms with Crippen LogP contribution >= 0.6 is 0 Å². The number of nitrogens with one attached hydrogen (secondary N) is 1. The predicted molar refractivity (Wildman–Crippen MR) is 78.5 cm³/mol. The molecule has 0 aliphatic rings. The number of ether oxygens (including phenoxy) is 2. The lowest BCUT2D eigenvalue weighted by atomic mass is 10.1. The third kappa shape index (κ3) is 4.03. The molecule has 0 aliphatic heterocycles. The molecule has 4 N–H and O–H groups in total. The van der Waals surface area contributed by atoms with Gasteiger partial charge in [-0.3, -0.25) is 0 Å². The number of hydrogen-bond acceptors (Lipinski definition) is 5. The highest BCUT2D eigenvalue weighted by molar-refractivity contribution is 5.82. The number of methoxy groups -OCH3 is 2. The van der Waals surface area contributed by atoms with Crippen LogP contribution in [0.15, 0.2) is 23.4 Å². The molecule has 1 rings (SSSR count). The molecule has 0 saturated heterocycles. The summed E-state index contributed by atoms with van der Waals surface area (Å²) < 4.78 is 10.5. The van der Waals surface area contributed by atoms with E-state index >= 15 is 0 Å². The molecular formula is C14H23N3O3. The van der Waals surface area contributed by atoms with Crippen molar-refractivity contribution >= 4 is 5.84 Å². The van der Waals surface area contributed by atoms with Gasteiger partial charge in [-0.05, 0) is 24.6 Å². The summed E-state index contributed by atoms with van der Waals surface area (Å²) >= 11 is 0. The van der Waals surface area contributed by atoms with Gasteiger partial charge in [-0.1, -0.05) is 18.1 Å². The van der Waals surface area contributed by atoms with Crippen molar-refractivity contribution in [1.29, 1.82) is 0 Å². The zero-order valence-electron chi connectivity index (χ0n) is 12.4. The first-order valence-electron chi connectivity index (χ1n) is 6.46. The Morgan fingerprint density at radius 3 is 2.50 bits per heavy atom. The monoisotopic (exact) mass is 281 g/mol. The van der Waals surface area contributed by atoms with Crippen LogP contribution in [-0.4, -0.2) is 31.8 Å². The Hall–Kier alpha value is -1.95. The number of oxime groups is 1. The lowest BCUT2D eigenvalue weighted by Crippen LogP contribution is -2.32. The molecule has 6 heteroatoms. The van der Waals surface area contributed by atoms with E-state index in [1.54, 1.807) is 14.2 Å². The van der Waals surface area contributed by atoms with E-state index in [9.17, 15) is 0 Å². The van der Waals surface area contributed by atoms with E-state index in [1.807, 2.05) is 32.0 Å². The maximum atomic E-state index is 8.62. The first-order valence-corrected chi connectivity index (χ1v) is 6.46. The molecule has 112 valence electrons. The number of nitrogens with zero attached hydrogens (tertiary/aromatic N) is 1. The maximum Gasteiger partial charge on any atom is 0.161 e. The van der Waals surface area contributed by atoms with E-state index < -0.39 is 0 Å². The van der Waals surface area contributed by atoms with E-state index in [0.29, 0.717) is 18.0 Å². The normalized spacial score (nSPS) is 14.7. The second-order valence-electron chi connectivity index (χ2n) is 4.67. The topological polar surface area (TPSA) is 89.1 Å². The minimum atomic E-state index is -0.0393. The summed E-state index contributed by atoms with van der Waals surface area (Å²) in [5, 5.41) is 15.0. The van der Waals surface area contributed by atoms with Gasteiger partial charge in [0.15, 0.2) is 11.5 Å². The molecule has 0 heterocycles. The van der Waals surface area contributed by atoms with Crippen LogP contribution in [0.4, 0.5) is 0 Å². The van der Waals surface area contributed by atoms with Crippen molar-refractivity contribution in [3.63, 3.8) is 0 Å². The zero-order valence-corrected chi connectivity index (χ0v) is 12.4. The van der Waals surface area contributed by atoms with Crippen molar-refractivity contribution in [3.05, 3.63) is 23.8 Å². The molecule has 0 fully saturated rings. The van der Waals surface area contributed by atoms with Crippen LogP contribution in [0, 0.1) is 5.92 Å². The average molecular weight is 281 g/mol. The first kappa shape index (κ1) is 16.1. The molecule has 20 heavy (non-hydrogen) atoms. The Morgan fingerprint density at radius 2 is 1.95 bits per heavy atom. The molecule has 2 atom stereocenters. The standard InChI is InChI=1S/C14H23N3O3/c1-9(14(15)17-18)8-16-10(2)11-5-6-12(19-3)13(7-11)20-4/h5-7,9-10,16,18H,8H2,1-4H3,(H2,15,17). The lowest BCUT2D eigenvalue weighted by Gasteiger charge is -2.18. The summed E-state index contributed by atoms with van der Waals surface area (Å²) in [6, 6.07) is 5.90. The summed E-state index contributed by atoms with van der Waals surface area (Å²) in [5.74, 6) is 1.58. The molecule has 0 radical (unpaired) electrons. The van der Waals surface area contributed by atoms with E-state index in [1.165, 1.54) is 0 Å². The minimum Gasteiger partial charge on any atom is -0.493 e. The summed E-state index contributed by atoms with van der Waals surface area (Å²) in [5.41, 5.74) is 6.63.